The highest BCUT2D eigenvalue weighted by Gasteiger charge is 2.50. The van der Waals surface area contributed by atoms with Gasteiger partial charge in [0.2, 0.25) is 5.91 Å². The lowest BCUT2D eigenvalue weighted by molar-refractivity contribution is -0.143. The van der Waals surface area contributed by atoms with E-state index >= 15 is 0 Å². The minimum absolute atomic E-state index is 0.0571. The molecular formula is C16H22Cl2N2O. The minimum Gasteiger partial charge on any atom is -0.336 e. The van der Waals surface area contributed by atoms with Gasteiger partial charge in [0.25, 0.3) is 0 Å². The predicted molar refractivity (Wildman–Crippen MR) is 87.3 cm³/mol. The van der Waals surface area contributed by atoms with E-state index in [0.717, 1.165) is 31.2 Å². The summed E-state index contributed by atoms with van der Waals surface area (Å²) in [5, 5.41) is 3.86. The highest BCUT2D eigenvalue weighted by Crippen LogP contribution is 2.51. The summed E-state index contributed by atoms with van der Waals surface area (Å²) in [7, 11) is 0. The maximum absolute atomic E-state index is 12.6. The monoisotopic (exact) mass is 328 g/mol. The van der Waals surface area contributed by atoms with Gasteiger partial charge in [-0.1, -0.05) is 49.5 Å². The van der Waals surface area contributed by atoms with Crippen molar-refractivity contribution in [3.8, 4) is 0 Å². The summed E-state index contributed by atoms with van der Waals surface area (Å²) in [6, 6.07) is 5.18. The Morgan fingerprint density at radius 2 is 2.14 bits per heavy atom. The number of hydrogen-bond donors (Lipinski definition) is 2. The van der Waals surface area contributed by atoms with Gasteiger partial charge in [-0.2, -0.15) is 0 Å². The number of halogens is 2. The van der Waals surface area contributed by atoms with Crippen LogP contribution in [-0.2, 0) is 4.79 Å². The molecule has 0 aliphatic heterocycles. The molecule has 0 heterocycles. The van der Waals surface area contributed by atoms with Crippen LogP contribution in [0.5, 0.6) is 0 Å². The molecule has 3 N–H and O–H groups in total. The molecule has 3 atom stereocenters. The van der Waals surface area contributed by atoms with Crippen LogP contribution in [-0.4, -0.2) is 5.91 Å². The van der Waals surface area contributed by atoms with Gasteiger partial charge in [0, 0.05) is 0 Å². The predicted octanol–water partition coefficient (Wildman–Crippen LogP) is 4.28. The lowest BCUT2D eigenvalue weighted by Gasteiger charge is -2.48. The van der Waals surface area contributed by atoms with Gasteiger partial charge in [-0.25, -0.2) is 0 Å². The zero-order valence-electron chi connectivity index (χ0n) is 12.5. The smallest absolute Gasteiger partial charge is 0.227 e. The van der Waals surface area contributed by atoms with Crippen molar-refractivity contribution >= 4 is 29.1 Å². The number of nitrogens with two attached hydrogens (primary N) is 1. The van der Waals surface area contributed by atoms with Gasteiger partial charge < -0.3 is 11.1 Å². The molecule has 1 aromatic rings. The number of hydrogen-bond acceptors (Lipinski definition) is 2. The summed E-state index contributed by atoms with van der Waals surface area (Å²) in [5.41, 5.74) is 6.61. The molecule has 0 saturated heterocycles. The third-order valence-corrected chi connectivity index (χ3v) is 5.62. The largest absolute Gasteiger partial charge is 0.336 e. The number of benzene rings is 1. The molecule has 0 radical (unpaired) electrons. The van der Waals surface area contributed by atoms with Crippen LogP contribution < -0.4 is 11.1 Å². The number of amides is 1. The molecule has 0 spiro atoms. The maximum Gasteiger partial charge on any atom is 0.227 e. The van der Waals surface area contributed by atoms with Crippen LogP contribution in [0, 0.1) is 11.3 Å². The molecule has 5 heteroatoms. The Labute approximate surface area is 136 Å². The van der Waals surface area contributed by atoms with E-state index in [1.165, 1.54) is 0 Å². The SMILES string of the molecule is CCC1CCC1(CC)C(=O)NC(N)c1ccc(Cl)c(Cl)c1. The first-order valence-electron chi connectivity index (χ1n) is 7.46. The van der Waals surface area contributed by atoms with Crippen LogP contribution in [0.25, 0.3) is 0 Å². The van der Waals surface area contributed by atoms with Gasteiger partial charge >= 0.3 is 0 Å². The lowest BCUT2D eigenvalue weighted by atomic mass is 9.57. The lowest BCUT2D eigenvalue weighted by Crippen LogP contribution is -2.53. The molecule has 1 aliphatic carbocycles. The van der Waals surface area contributed by atoms with Crippen LogP contribution in [0.15, 0.2) is 18.2 Å². The van der Waals surface area contributed by atoms with Crippen LogP contribution >= 0.6 is 23.2 Å². The summed E-state index contributed by atoms with van der Waals surface area (Å²) in [5.74, 6) is 0.519. The summed E-state index contributed by atoms with van der Waals surface area (Å²) < 4.78 is 0. The zero-order chi connectivity index (χ0) is 15.6. The number of nitrogens with one attached hydrogen (secondary N) is 1. The van der Waals surface area contributed by atoms with Crippen molar-refractivity contribution in [3.05, 3.63) is 33.8 Å². The highest BCUT2D eigenvalue weighted by molar-refractivity contribution is 6.42. The summed E-state index contributed by atoms with van der Waals surface area (Å²) in [4.78, 5) is 12.6. The van der Waals surface area contributed by atoms with Crippen molar-refractivity contribution < 1.29 is 4.79 Å². The van der Waals surface area contributed by atoms with Crippen molar-refractivity contribution in [1.29, 1.82) is 0 Å². The molecular weight excluding hydrogens is 307 g/mol. The minimum atomic E-state index is -0.561. The van der Waals surface area contributed by atoms with E-state index in [1.807, 2.05) is 0 Å². The first-order chi connectivity index (χ1) is 9.94. The van der Waals surface area contributed by atoms with Gasteiger partial charge in [-0.15, -0.1) is 0 Å². The zero-order valence-corrected chi connectivity index (χ0v) is 14.0. The van der Waals surface area contributed by atoms with E-state index in [1.54, 1.807) is 18.2 Å². The molecule has 1 fully saturated rings. The molecule has 0 bridgehead atoms. The Bertz CT molecular complexity index is 529. The topological polar surface area (TPSA) is 55.1 Å². The highest BCUT2D eigenvalue weighted by atomic mass is 35.5. The van der Waals surface area contributed by atoms with E-state index in [2.05, 4.69) is 19.2 Å². The Balaban J connectivity index is 2.09. The number of rotatable bonds is 5. The molecule has 1 amide bonds. The first kappa shape index (κ1) is 16.6. The molecule has 2 rings (SSSR count). The van der Waals surface area contributed by atoms with Gasteiger partial charge in [0.1, 0.15) is 6.17 Å². The summed E-state index contributed by atoms with van der Waals surface area (Å²) >= 11 is 11.9. The molecule has 1 aliphatic rings. The Kier molecular flexibility index (Phi) is 5.18. The third-order valence-electron chi connectivity index (χ3n) is 4.89. The molecule has 3 unspecified atom stereocenters. The molecule has 21 heavy (non-hydrogen) atoms. The Morgan fingerprint density at radius 3 is 2.62 bits per heavy atom. The van der Waals surface area contributed by atoms with Crippen molar-refractivity contribution in [2.45, 2.75) is 45.7 Å². The van der Waals surface area contributed by atoms with Crippen LogP contribution in [0.3, 0.4) is 0 Å². The van der Waals surface area contributed by atoms with Crippen LogP contribution in [0.2, 0.25) is 10.0 Å². The van der Waals surface area contributed by atoms with Crippen molar-refractivity contribution in [1.82, 2.24) is 5.32 Å². The summed E-state index contributed by atoms with van der Waals surface area (Å²) in [6.45, 7) is 4.21. The molecule has 1 saturated carbocycles. The fourth-order valence-electron chi connectivity index (χ4n) is 3.29. The fraction of sp³-hybridized carbons (Fsp3) is 0.562. The number of carbonyl (C=O) groups excluding carboxylic acids is 1. The van der Waals surface area contributed by atoms with Gasteiger partial charge in [0.15, 0.2) is 0 Å². The normalized spacial score (nSPS) is 26.0. The van der Waals surface area contributed by atoms with Crippen molar-refractivity contribution in [2.75, 3.05) is 0 Å². The van der Waals surface area contributed by atoms with Gasteiger partial charge in [0.05, 0.1) is 15.5 Å². The van der Waals surface area contributed by atoms with E-state index in [9.17, 15) is 4.79 Å². The first-order valence-corrected chi connectivity index (χ1v) is 8.21. The molecule has 3 nitrogen and oxygen atoms in total. The molecule has 1 aromatic carbocycles. The van der Waals surface area contributed by atoms with E-state index in [-0.39, 0.29) is 11.3 Å². The second-order valence-corrected chi connectivity index (χ2v) is 6.59. The van der Waals surface area contributed by atoms with Crippen molar-refractivity contribution in [2.24, 2.45) is 17.1 Å². The average Bonchev–Trinajstić information content (AvgIpc) is 2.42. The fourth-order valence-corrected chi connectivity index (χ4v) is 3.60. The quantitative estimate of drug-likeness (QED) is 0.792. The van der Waals surface area contributed by atoms with Crippen LogP contribution in [0.4, 0.5) is 0 Å². The number of carbonyl (C=O) groups is 1. The van der Waals surface area contributed by atoms with Gasteiger partial charge in [-0.3, -0.25) is 4.79 Å². The Morgan fingerprint density at radius 1 is 1.43 bits per heavy atom. The standard InChI is InChI=1S/C16H22Cl2N2O/c1-3-11-7-8-16(11,4-2)15(21)20-14(19)10-5-6-12(17)13(18)9-10/h5-6,9,11,14H,3-4,7-8,19H2,1-2H3,(H,20,21). The van der Waals surface area contributed by atoms with Crippen molar-refractivity contribution in [3.63, 3.8) is 0 Å². The van der Waals surface area contributed by atoms with E-state index in [0.29, 0.717) is 16.0 Å². The second-order valence-electron chi connectivity index (χ2n) is 5.78. The van der Waals surface area contributed by atoms with E-state index < -0.39 is 6.17 Å². The van der Waals surface area contributed by atoms with Crippen LogP contribution in [0.1, 0.15) is 51.3 Å². The molecule has 0 aromatic heterocycles. The van der Waals surface area contributed by atoms with E-state index in [4.69, 9.17) is 28.9 Å². The maximum atomic E-state index is 12.6. The third kappa shape index (κ3) is 3.05. The second kappa shape index (κ2) is 6.55. The van der Waals surface area contributed by atoms with Gasteiger partial charge in [-0.05, 0) is 42.9 Å². The average molecular weight is 329 g/mol. The molecule has 116 valence electrons. The summed E-state index contributed by atoms with van der Waals surface area (Å²) in [6.07, 6.45) is 3.39. The Hall–Kier alpha value is -0.770.